The topological polar surface area (TPSA) is 63.6 Å². The second kappa shape index (κ2) is 7.15. The van der Waals surface area contributed by atoms with Gasteiger partial charge in [0.2, 0.25) is 0 Å². The Hall–Kier alpha value is -2.67. The van der Waals surface area contributed by atoms with Gasteiger partial charge in [-0.3, -0.25) is 14.9 Å². The van der Waals surface area contributed by atoms with Crippen molar-refractivity contribution >= 4 is 23.2 Å². The summed E-state index contributed by atoms with van der Waals surface area (Å²) in [6, 6.07) is 12.4. The van der Waals surface area contributed by atoms with Crippen molar-refractivity contribution in [2.24, 2.45) is 5.92 Å². The van der Waals surface area contributed by atoms with Gasteiger partial charge in [-0.2, -0.15) is 0 Å². The molecule has 1 aromatic carbocycles. The zero-order valence-corrected chi connectivity index (χ0v) is 15.9. The number of likely N-dealkylation sites (tertiary alicyclic amines) is 1. The van der Waals surface area contributed by atoms with Crippen LogP contribution in [-0.2, 0) is 6.54 Å². The highest BCUT2D eigenvalue weighted by molar-refractivity contribution is 7.80. The Morgan fingerprint density at radius 1 is 1.15 bits per heavy atom. The second-order valence-electron chi connectivity index (χ2n) is 7.09. The zero-order valence-electron chi connectivity index (χ0n) is 15.1. The molecule has 2 aliphatic rings. The number of benzene rings is 1. The Bertz CT molecular complexity index is 938. The summed E-state index contributed by atoms with van der Waals surface area (Å²) in [4.78, 5) is 26.6. The lowest BCUT2D eigenvalue weighted by molar-refractivity contribution is 0.0968. The number of nitrogens with zero attached hydrogens (tertiary/aromatic N) is 2. The first-order chi connectivity index (χ1) is 13.0. The minimum absolute atomic E-state index is 0.0611. The van der Waals surface area contributed by atoms with Crippen LogP contribution >= 0.6 is 12.2 Å². The SMILES string of the molecule is COc1ccc(C(=O)NC(=S)N2C[C@H]3C[C@@H](C2)c2cccc(=O)n2C3)cc1. The number of methoxy groups -OCH3 is 1. The Kier molecular flexibility index (Phi) is 4.70. The van der Waals surface area contributed by atoms with Crippen LogP contribution in [0.3, 0.4) is 0 Å². The average molecular weight is 383 g/mol. The third kappa shape index (κ3) is 3.47. The molecule has 6 nitrogen and oxygen atoms in total. The number of nitrogens with one attached hydrogen (secondary N) is 1. The number of hydrogen-bond acceptors (Lipinski definition) is 4. The summed E-state index contributed by atoms with van der Waals surface area (Å²) in [6.07, 6.45) is 1.05. The first-order valence-corrected chi connectivity index (χ1v) is 9.40. The van der Waals surface area contributed by atoms with Gasteiger partial charge in [0.05, 0.1) is 7.11 Å². The number of piperidine rings is 1. The molecule has 7 heteroatoms. The van der Waals surface area contributed by atoms with Gasteiger partial charge in [0, 0.05) is 42.9 Å². The van der Waals surface area contributed by atoms with E-state index in [0.717, 1.165) is 18.7 Å². The van der Waals surface area contributed by atoms with Crippen molar-refractivity contribution in [3.63, 3.8) is 0 Å². The quantitative estimate of drug-likeness (QED) is 0.804. The molecule has 0 unspecified atom stereocenters. The minimum atomic E-state index is -0.227. The highest BCUT2D eigenvalue weighted by Crippen LogP contribution is 2.34. The predicted octanol–water partition coefficient (Wildman–Crippen LogP) is 1.99. The first-order valence-electron chi connectivity index (χ1n) is 8.99. The molecule has 1 fully saturated rings. The summed E-state index contributed by atoms with van der Waals surface area (Å²) in [7, 11) is 1.59. The van der Waals surface area contributed by atoms with Crippen molar-refractivity contribution in [3.8, 4) is 5.75 Å². The zero-order chi connectivity index (χ0) is 19.0. The van der Waals surface area contributed by atoms with Crippen LogP contribution in [0.25, 0.3) is 0 Å². The number of amides is 1. The number of pyridine rings is 1. The number of carbonyl (C=O) groups is 1. The van der Waals surface area contributed by atoms with E-state index in [2.05, 4.69) is 10.2 Å². The van der Waals surface area contributed by atoms with Crippen molar-refractivity contribution in [1.82, 2.24) is 14.8 Å². The number of thiocarbonyl (C=S) groups is 1. The van der Waals surface area contributed by atoms with E-state index in [9.17, 15) is 9.59 Å². The molecule has 1 aromatic heterocycles. The molecule has 1 saturated heterocycles. The van der Waals surface area contributed by atoms with Gasteiger partial charge in [-0.25, -0.2) is 0 Å². The van der Waals surface area contributed by atoms with E-state index in [1.165, 1.54) is 0 Å². The molecule has 140 valence electrons. The van der Waals surface area contributed by atoms with Crippen molar-refractivity contribution in [1.29, 1.82) is 0 Å². The van der Waals surface area contributed by atoms with Crippen LogP contribution in [-0.4, -0.2) is 40.7 Å². The fourth-order valence-corrected chi connectivity index (χ4v) is 4.29. The van der Waals surface area contributed by atoms with Crippen LogP contribution in [0.4, 0.5) is 0 Å². The van der Waals surface area contributed by atoms with E-state index in [4.69, 9.17) is 17.0 Å². The number of carbonyl (C=O) groups excluding carboxylic acids is 1. The molecular formula is C20H21N3O3S. The van der Waals surface area contributed by atoms with E-state index >= 15 is 0 Å². The molecule has 4 rings (SSSR count). The molecule has 0 spiro atoms. The summed E-state index contributed by atoms with van der Waals surface area (Å²) in [6.45, 7) is 2.16. The van der Waals surface area contributed by atoms with Crippen LogP contribution in [0, 0.1) is 5.92 Å². The highest BCUT2D eigenvalue weighted by atomic mass is 32.1. The summed E-state index contributed by atoms with van der Waals surface area (Å²) in [5, 5.41) is 3.28. The van der Waals surface area contributed by atoms with Crippen LogP contribution in [0.15, 0.2) is 47.3 Å². The van der Waals surface area contributed by atoms with Gasteiger partial charge >= 0.3 is 0 Å². The maximum absolute atomic E-state index is 12.5. The molecule has 0 saturated carbocycles. The number of rotatable bonds is 2. The molecule has 2 atom stereocenters. The van der Waals surface area contributed by atoms with Crippen LogP contribution < -0.4 is 15.6 Å². The summed E-state index contributed by atoms with van der Waals surface area (Å²) < 4.78 is 7.00. The summed E-state index contributed by atoms with van der Waals surface area (Å²) in [5.74, 6) is 1.08. The van der Waals surface area contributed by atoms with Gasteiger partial charge in [0.25, 0.3) is 11.5 Å². The van der Waals surface area contributed by atoms with Crippen LogP contribution in [0.5, 0.6) is 5.75 Å². The van der Waals surface area contributed by atoms with Crippen molar-refractivity contribution in [2.45, 2.75) is 18.9 Å². The van der Waals surface area contributed by atoms with E-state index in [0.29, 0.717) is 35.4 Å². The molecule has 27 heavy (non-hydrogen) atoms. The van der Waals surface area contributed by atoms with Gasteiger partial charge in [0.15, 0.2) is 5.11 Å². The molecule has 2 bridgehead atoms. The highest BCUT2D eigenvalue weighted by Gasteiger charge is 2.35. The summed E-state index contributed by atoms with van der Waals surface area (Å²) >= 11 is 5.50. The first kappa shape index (κ1) is 17.7. The number of ether oxygens (including phenoxy) is 1. The van der Waals surface area contributed by atoms with Gasteiger partial charge in [-0.1, -0.05) is 6.07 Å². The third-order valence-corrected chi connectivity index (χ3v) is 5.70. The molecule has 0 aliphatic carbocycles. The predicted molar refractivity (Wildman–Crippen MR) is 106 cm³/mol. The largest absolute Gasteiger partial charge is 0.497 e. The molecule has 2 aliphatic heterocycles. The van der Waals surface area contributed by atoms with E-state index in [-0.39, 0.29) is 17.4 Å². The Morgan fingerprint density at radius 2 is 1.93 bits per heavy atom. The van der Waals surface area contributed by atoms with Gasteiger partial charge in [-0.15, -0.1) is 0 Å². The van der Waals surface area contributed by atoms with Crippen LogP contribution in [0.2, 0.25) is 0 Å². The van der Waals surface area contributed by atoms with Crippen molar-refractivity contribution < 1.29 is 9.53 Å². The molecule has 3 heterocycles. The lowest BCUT2D eigenvalue weighted by atomic mass is 9.83. The maximum atomic E-state index is 12.5. The average Bonchev–Trinajstić information content (AvgIpc) is 2.68. The lowest BCUT2D eigenvalue weighted by Crippen LogP contribution is -2.52. The molecule has 1 amide bonds. The smallest absolute Gasteiger partial charge is 0.257 e. The summed E-state index contributed by atoms with van der Waals surface area (Å²) in [5.41, 5.74) is 1.66. The molecule has 0 radical (unpaired) electrons. The normalized spacial score (nSPS) is 20.6. The molecule has 1 N–H and O–H groups in total. The van der Waals surface area contributed by atoms with E-state index in [1.807, 2.05) is 16.7 Å². The van der Waals surface area contributed by atoms with Crippen LogP contribution in [0.1, 0.15) is 28.4 Å². The van der Waals surface area contributed by atoms with Gasteiger partial charge < -0.3 is 14.2 Å². The number of aromatic nitrogens is 1. The third-order valence-electron chi connectivity index (χ3n) is 5.34. The second-order valence-corrected chi connectivity index (χ2v) is 7.48. The fraction of sp³-hybridized carbons (Fsp3) is 0.350. The standard InChI is InChI=1S/C20H21N3O3S/c1-26-16-7-5-14(6-8-16)19(25)21-20(27)22-10-13-9-15(12-22)17-3-2-4-18(24)23(17)11-13/h2-8,13,15H,9-12H2,1H3,(H,21,25,27)/t13-,15+/m1/s1. The maximum Gasteiger partial charge on any atom is 0.257 e. The monoisotopic (exact) mass is 383 g/mol. The van der Waals surface area contributed by atoms with Crippen molar-refractivity contribution in [2.75, 3.05) is 20.2 Å². The number of hydrogen-bond donors (Lipinski definition) is 1. The fourth-order valence-electron chi connectivity index (χ4n) is 4.05. The molecule has 2 aromatic rings. The van der Waals surface area contributed by atoms with E-state index < -0.39 is 0 Å². The van der Waals surface area contributed by atoms with Crippen molar-refractivity contribution in [3.05, 3.63) is 64.1 Å². The molecular weight excluding hydrogens is 362 g/mol. The van der Waals surface area contributed by atoms with Gasteiger partial charge in [0.1, 0.15) is 5.75 Å². The Balaban J connectivity index is 1.46. The van der Waals surface area contributed by atoms with Gasteiger partial charge in [-0.05, 0) is 54.9 Å². The number of fused-ring (bicyclic) bond motifs is 4. The minimum Gasteiger partial charge on any atom is -0.497 e. The Labute approximate surface area is 162 Å². The van der Waals surface area contributed by atoms with E-state index in [1.54, 1.807) is 37.4 Å². The lowest BCUT2D eigenvalue weighted by Gasteiger charge is -2.43. The Morgan fingerprint density at radius 3 is 2.67 bits per heavy atom.